The number of hydrogen-bond acceptors (Lipinski definition) is 3. The molecule has 0 fully saturated rings. The summed E-state index contributed by atoms with van der Waals surface area (Å²) in [6, 6.07) is 4.04. The van der Waals surface area contributed by atoms with Gasteiger partial charge in [-0.1, -0.05) is 32.1 Å². The molecule has 0 saturated heterocycles. The maximum Gasteiger partial charge on any atom is 0.0768 e. The van der Waals surface area contributed by atoms with Gasteiger partial charge in [0, 0.05) is 31.4 Å². The second kappa shape index (κ2) is 6.55. The van der Waals surface area contributed by atoms with Crippen LogP contribution in [0, 0.1) is 5.92 Å². The highest BCUT2D eigenvalue weighted by molar-refractivity contribution is 7.80. The van der Waals surface area contributed by atoms with Gasteiger partial charge in [0.1, 0.15) is 0 Å². The van der Waals surface area contributed by atoms with E-state index in [4.69, 9.17) is 18.0 Å². The van der Waals surface area contributed by atoms with E-state index in [1.165, 1.54) is 5.56 Å². The molecule has 1 unspecified atom stereocenters. The van der Waals surface area contributed by atoms with Gasteiger partial charge in [0.2, 0.25) is 0 Å². The maximum atomic E-state index is 5.62. The van der Waals surface area contributed by atoms with E-state index in [1.807, 2.05) is 12.3 Å². The highest BCUT2D eigenvalue weighted by Crippen LogP contribution is 2.06. The normalized spacial score (nSPS) is 12.7. The molecule has 0 aliphatic rings. The molecule has 0 amide bonds. The Labute approximate surface area is 103 Å². The Hall–Kier alpha value is -1.00. The van der Waals surface area contributed by atoms with E-state index in [-0.39, 0.29) is 5.92 Å². The predicted molar refractivity (Wildman–Crippen MR) is 71.1 cm³/mol. The molecule has 0 radical (unpaired) electrons. The maximum absolute atomic E-state index is 5.62. The van der Waals surface area contributed by atoms with Crippen molar-refractivity contribution in [2.75, 3.05) is 13.1 Å². The molecular formula is C12H19N3S. The predicted octanol–water partition coefficient (Wildman–Crippen LogP) is 1.83. The third-order valence-electron chi connectivity index (χ3n) is 2.59. The molecule has 1 atom stereocenters. The fourth-order valence-corrected chi connectivity index (χ4v) is 1.61. The van der Waals surface area contributed by atoms with Crippen molar-refractivity contribution >= 4 is 17.2 Å². The Morgan fingerprint density at radius 1 is 1.62 bits per heavy atom. The van der Waals surface area contributed by atoms with Gasteiger partial charge < -0.3 is 5.73 Å². The van der Waals surface area contributed by atoms with E-state index >= 15 is 0 Å². The number of hydrogen-bond donors (Lipinski definition) is 1. The van der Waals surface area contributed by atoms with Crippen LogP contribution in [0.3, 0.4) is 0 Å². The van der Waals surface area contributed by atoms with Crippen LogP contribution in [0.5, 0.6) is 0 Å². The third-order valence-corrected chi connectivity index (χ3v) is 3.00. The van der Waals surface area contributed by atoms with Crippen molar-refractivity contribution in [3.8, 4) is 0 Å². The molecule has 3 nitrogen and oxygen atoms in total. The van der Waals surface area contributed by atoms with Gasteiger partial charge in [-0.05, 0) is 18.2 Å². The van der Waals surface area contributed by atoms with Crippen molar-refractivity contribution in [3.05, 3.63) is 30.1 Å². The van der Waals surface area contributed by atoms with Gasteiger partial charge in [0.15, 0.2) is 0 Å². The van der Waals surface area contributed by atoms with Gasteiger partial charge in [-0.2, -0.15) is 0 Å². The molecular weight excluding hydrogens is 218 g/mol. The quantitative estimate of drug-likeness (QED) is 0.766. The minimum absolute atomic E-state index is 0.256. The lowest BCUT2D eigenvalue weighted by Gasteiger charge is -2.23. The minimum atomic E-state index is 0.256. The number of nitrogens with zero attached hydrogens (tertiary/aromatic N) is 2. The number of pyridine rings is 1. The molecule has 0 aromatic carbocycles. The molecule has 0 spiro atoms. The molecule has 0 bridgehead atoms. The first-order valence-corrected chi connectivity index (χ1v) is 5.95. The summed E-state index contributed by atoms with van der Waals surface area (Å²) in [5.41, 5.74) is 6.85. The summed E-state index contributed by atoms with van der Waals surface area (Å²) in [6.07, 6.45) is 3.69. The molecule has 1 aromatic heterocycles. The molecule has 2 N–H and O–H groups in total. The summed E-state index contributed by atoms with van der Waals surface area (Å²) in [5.74, 6) is 0.256. The van der Waals surface area contributed by atoms with Crippen LogP contribution in [-0.4, -0.2) is 28.0 Å². The lowest BCUT2D eigenvalue weighted by Crippen LogP contribution is -2.33. The van der Waals surface area contributed by atoms with Crippen LogP contribution in [0.2, 0.25) is 0 Å². The van der Waals surface area contributed by atoms with E-state index in [0.717, 1.165) is 19.6 Å². The Bertz CT molecular complexity index is 326. The van der Waals surface area contributed by atoms with Gasteiger partial charge in [-0.15, -0.1) is 0 Å². The molecule has 0 aliphatic heterocycles. The van der Waals surface area contributed by atoms with Gasteiger partial charge in [0.05, 0.1) is 4.99 Å². The van der Waals surface area contributed by atoms with E-state index < -0.39 is 0 Å². The highest BCUT2D eigenvalue weighted by Gasteiger charge is 2.11. The topological polar surface area (TPSA) is 42.2 Å². The van der Waals surface area contributed by atoms with Gasteiger partial charge in [-0.3, -0.25) is 9.88 Å². The molecule has 0 aliphatic carbocycles. The second-order valence-corrected chi connectivity index (χ2v) is 4.46. The standard InChI is InChI=1S/C12H19N3S/c1-3-15(8-10(2)12(13)16)9-11-5-4-6-14-7-11/h4-7,10H,3,8-9H2,1-2H3,(H2,13,16). The van der Waals surface area contributed by atoms with Crippen molar-refractivity contribution in [3.63, 3.8) is 0 Å². The lowest BCUT2D eigenvalue weighted by molar-refractivity contribution is 0.264. The van der Waals surface area contributed by atoms with Crippen molar-refractivity contribution in [2.45, 2.75) is 20.4 Å². The monoisotopic (exact) mass is 237 g/mol. The number of nitrogens with two attached hydrogens (primary N) is 1. The van der Waals surface area contributed by atoms with Crippen molar-refractivity contribution in [1.82, 2.24) is 9.88 Å². The largest absolute Gasteiger partial charge is 0.393 e. The van der Waals surface area contributed by atoms with E-state index in [9.17, 15) is 0 Å². The third kappa shape index (κ3) is 4.24. The van der Waals surface area contributed by atoms with Crippen LogP contribution in [0.1, 0.15) is 19.4 Å². The van der Waals surface area contributed by atoms with Crippen LogP contribution in [0.25, 0.3) is 0 Å². The first-order valence-electron chi connectivity index (χ1n) is 5.54. The zero-order valence-corrected chi connectivity index (χ0v) is 10.7. The SMILES string of the molecule is CCN(Cc1cccnc1)CC(C)C(N)=S. The average Bonchev–Trinajstić information content (AvgIpc) is 2.29. The van der Waals surface area contributed by atoms with Crippen LogP contribution in [0.15, 0.2) is 24.5 Å². The van der Waals surface area contributed by atoms with E-state index in [2.05, 4.69) is 29.8 Å². The van der Waals surface area contributed by atoms with Crippen LogP contribution in [0.4, 0.5) is 0 Å². The van der Waals surface area contributed by atoms with Crippen LogP contribution < -0.4 is 5.73 Å². The molecule has 88 valence electrons. The number of aromatic nitrogens is 1. The number of thiocarbonyl (C=S) groups is 1. The molecule has 1 rings (SSSR count). The first kappa shape index (κ1) is 13.1. The summed E-state index contributed by atoms with van der Waals surface area (Å²) in [6.45, 7) is 7.00. The van der Waals surface area contributed by atoms with Crippen molar-refractivity contribution < 1.29 is 0 Å². The van der Waals surface area contributed by atoms with Gasteiger partial charge in [-0.25, -0.2) is 0 Å². The summed E-state index contributed by atoms with van der Waals surface area (Å²) in [7, 11) is 0. The van der Waals surface area contributed by atoms with Crippen LogP contribution in [-0.2, 0) is 6.54 Å². The average molecular weight is 237 g/mol. The Kier molecular flexibility index (Phi) is 5.35. The smallest absolute Gasteiger partial charge is 0.0768 e. The van der Waals surface area contributed by atoms with Crippen LogP contribution >= 0.6 is 12.2 Å². The van der Waals surface area contributed by atoms with Gasteiger partial charge >= 0.3 is 0 Å². The zero-order chi connectivity index (χ0) is 12.0. The fraction of sp³-hybridized carbons (Fsp3) is 0.500. The summed E-state index contributed by atoms with van der Waals surface area (Å²) < 4.78 is 0. The van der Waals surface area contributed by atoms with Crippen molar-refractivity contribution in [2.24, 2.45) is 11.7 Å². The van der Waals surface area contributed by atoms with Crippen molar-refractivity contribution in [1.29, 1.82) is 0 Å². The molecule has 0 saturated carbocycles. The summed E-state index contributed by atoms with van der Waals surface area (Å²) in [4.78, 5) is 7.02. The Balaban J connectivity index is 2.53. The highest BCUT2D eigenvalue weighted by atomic mass is 32.1. The molecule has 1 aromatic rings. The minimum Gasteiger partial charge on any atom is -0.393 e. The van der Waals surface area contributed by atoms with E-state index in [1.54, 1.807) is 6.20 Å². The fourth-order valence-electron chi connectivity index (χ4n) is 1.53. The zero-order valence-electron chi connectivity index (χ0n) is 9.89. The summed E-state index contributed by atoms with van der Waals surface area (Å²) >= 11 is 4.99. The first-order chi connectivity index (χ1) is 7.63. The molecule has 4 heteroatoms. The molecule has 16 heavy (non-hydrogen) atoms. The Morgan fingerprint density at radius 2 is 2.38 bits per heavy atom. The molecule has 1 heterocycles. The van der Waals surface area contributed by atoms with Gasteiger partial charge in [0.25, 0.3) is 0 Å². The second-order valence-electron chi connectivity index (χ2n) is 3.99. The number of rotatable bonds is 6. The summed E-state index contributed by atoms with van der Waals surface area (Å²) in [5, 5.41) is 0. The Morgan fingerprint density at radius 3 is 2.88 bits per heavy atom. The lowest BCUT2D eigenvalue weighted by atomic mass is 10.1. The van der Waals surface area contributed by atoms with E-state index in [0.29, 0.717) is 4.99 Å².